The normalized spacial score (nSPS) is 10.6. The summed E-state index contributed by atoms with van der Waals surface area (Å²) in [5, 5.41) is 6.21. The van der Waals surface area contributed by atoms with Crippen LogP contribution in [0.3, 0.4) is 0 Å². The van der Waals surface area contributed by atoms with Gasteiger partial charge < -0.3 is 10.6 Å². The maximum Gasteiger partial charge on any atom is 0.257 e. The molecule has 0 radical (unpaired) electrons. The average molecular weight is 392 g/mol. The first kappa shape index (κ1) is 19.3. The Morgan fingerprint density at radius 2 is 1.89 bits per heavy atom. The van der Waals surface area contributed by atoms with Crippen LogP contribution >= 0.6 is 11.6 Å². The lowest BCUT2D eigenvalue weighted by Crippen LogP contribution is -2.20. The number of halogens is 1. The molecule has 3 rings (SSSR count). The van der Waals surface area contributed by atoms with E-state index in [4.69, 9.17) is 11.6 Å². The molecule has 0 aliphatic carbocycles. The molecule has 2 aromatic carbocycles. The van der Waals surface area contributed by atoms with Crippen molar-refractivity contribution in [2.75, 3.05) is 5.32 Å². The molecule has 0 unspecified atom stereocenters. The molecule has 0 fully saturated rings. The highest BCUT2D eigenvalue weighted by Crippen LogP contribution is 2.16. The van der Waals surface area contributed by atoms with E-state index in [1.807, 2.05) is 36.4 Å². The quantitative estimate of drug-likeness (QED) is 0.615. The fraction of sp³-hybridized carbons (Fsp3) is 0.0455. The van der Waals surface area contributed by atoms with Crippen LogP contribution in [-0.4, -0.2) is 16.8 Å². The molecule has 0 aliphatic heterocycles. The SMILES string of the molecule is O=C(/C=C/c1ccccc1Cl)NCc1cccc(NC(=O)c2cccnc2)c1. The molecule has 140 valence electrons. The Kier molecular flexibility index (Phi) is 6.54. The van der Waals surface area contributed by atoms with Crippen LogP contribution in [0.2, 0.25) is 5.02 Å². The van der Waals surface area contributed by atoms with Crippen molar-refractivity contribution in [3.8, 4) is 0 Å². The molecule has 1 heterocycles. The monoisotopic (exact) mass is 391 g/mol. The molecule has 2 N–H and O–H groups in total. The van der Waals surface area contributed by atoms with Gasteiger partial charge in [0.05, 0.1) is 5.56 Å². The number of rotatable bonds is 6. The number of aromatic nitrogens is 1. The third kappa shape index (κ3) is 5.53. The van der Waals surface area contributed by atoms with Crippen molar-refractivity contribution < 1.29 is 9.59 Å². The molecule has 6 heteroatoms. The lowest BCUT2D eigenvalue weighted by Gasteiger charge is -2.08. The first-order valence-electron chi connectivity index (χ1n) is 8.62. The topological polar surface area (TPSA) is 71.1 Å². The first-order valence-corrected chi connectivity index (χ1v) is 9.00. The lowest BCUT2D eigenvalue weighted by molar-refractivity contribution is -0.116. The summed E-state index contributed by atoms with van der Waals surface area (Å²) in [6.07, 6.45) is 6.22. The number of hydrogen-bond acceptors (Lipinski definition) is 3. The Morgan fingerprint density at radius 3 is 2.68 bits per heavy atom. The van der Waals surface area contributed by atoms with Gasteiger partial charge >= 0.3 is 0 Å². The number of pyridine rings is 1. The summed E-state index contributed by atoms with van der Waals surface area (Å²) in [5.74, 6) is -0.471. The highest BCUT2D eigenvalue weighted by molar-refractivity contribution is 6.32. The van der Waals surface area contributed by atoms with Gasteiger partial charge in [-0.05, 0) is 47.5 Å². The van der Waals surface area contributed by atoms with Crippen LogP contribution < -0.4 is 10.6 Å². The second-order valence-corrected chi connectivity index (χ2v) is 6.38. The predicted molar refractivity (Wildman–Crippen MR) is 111 cm³/mol. The van der Waals surface area contributed by atoms with E-state index >= 15 is 0 Å². The van der Waals surface area contributed by atoms with Crippen LogP contribution in [0.4, 0.5) is 5.69 Å². The number of nitrogens with one attached hydrogen (secondary N) is 2. The number of hydrogen-bond donors (Lipinski definition) is 2. The summed E-state index contributed by atoms with van der Waals surface area (Å²) in [7, 11) is 0. The minimum atomic E-state index is -0.239. The lowest BCUT2D eigenvalue weighted by atomic mass is 10.2. The van der Waals surface area contributed by atoms with Gasteiger partial charge in [-0.2, -0.15) is 0 Å². The van der Waals surface area contributed by atoms with Gasteiger partial charge in [0.25, 0.3) is 5.91 Å². The fourth-order valence-corrected chi connectivity index (χ4v) is 2.68. The van der Waals surface area contributed by atoms with E-state index in [1.165, 1.54) is 12.3 Å². The minimum absolute atomic E-state index is 0.232. The van der Waals surface area contributed by atoms with Gasteiger partial charge in [-0.3, -0.25) is 14.6 Å². The second-order valence-electron chi connectivity index (χ2n) is 5.97. The molecule has 3 aromatic rings. The summed E-state index contributed by atoms with van der Waals surface area (Å²) < 4.78 is 0. The Hall–Kier alpha value is -3.44. The maximum absolute atomic E-state index is 12.2. The number of nitrogens with zero attached hydrogens (tertiary/aromatic N) is 1. The van der Waals surface area contributed by atoms with Gasteiger partial charge in [0, 0.05) is 35.7 Å². The van der Waals surface area contributed by atoms with Gasteiger partial charge in [-0.25, -0.2) is 0 Å². The van der Waals surface area contributed by atoms with Gasteiger partial charge in [-0.15, -0.1) is 0 Å². The summed E-state index contributed by atoms with van der Waals surface area (Å²) in [6, 6.07) is 18.0. The third-order valence-electron chi connectivity index (χ3n) is 3.89. The molecule has 0 aliphatic rings. The molecular weight excluding hydrogens is 374 g/mol. The zero-order valence-electron chi connectivity index (χ0n) is 14.9. The van der Waals surface area contributed by atoms with Crippen LogP contribution in [0, 0.1) is 0 Å². The van der Waals surface area contributed by atoms with E-state index in [1.54, 1.807) is 36.5 Å². The molecule has 2 amide bonds. The van der Waals surface area contributed by atoms with Crippen molar-refractivity contribution in [2.24, 2.45) is 0 Å². The molecule has 0 saturated heterocycles. The smallest absolute Gasteiger partial charge is 0.257 e. The summed E-state index contributed by atoms with van der Waals surface area (Å²) >= 11 is 6.06. The van der Waals surface area contributed by atoms with Crippen molar-refractivity contribution in [1.82, 2.24) is 10.3 Å². The van der Waals surface area contributed by atoms with Gasteiger partial charge in [0.1, 0.15) is 0 Å². The Morgan fingerprint density at radius 1 is 1.04 bits per heavy atom. The molecule has 0 spiro atoms. The zero-order chi connectivity index (χ0) is 19.8. The van der Waals surface area contributed by atoms with Crippen LogP contribution in [-0.2, 0) is 11.3 Å². The number of benzene rings is 2. The van der Waals surface area contributed by atoms with Crippen LogP contribution in [0.25, 0.3) is 6.08 Å². The molecule has 0 saturated carbocycles. The molecule has 28 heavy (non-hydrogen) atoms. The second kappa shape index (κ2) is 9.48. The van der Waals surface area contributed by atoms with Crippen LogP contribution in [0.5, 0.6) is 0 Å². The molecule has 5 nitrogen and oxygen atoms in total. The molecule has 1 aromatic heterocycles. The van der Waals surface area contributed by atoms with Crippen LogP contribution in [0.15, 0.2) is 79.1 Å². The average Bonchev–Trinajstić information content (AvgIpc) is 2.72. The largest absolute Gasteiger partial charge is 0.348 e. The fourth-order valence-electron chi connectivity index (χ4n) is 2.48. The Labute approximate surface area is 168 Å². The Balaban J connectivity index is 1.56. The zero-order valence-corrected chi connectivity index (χ0v) is 15.7. The van der Waals surface area contributed by atoms with E-state index in [9.17, 15) is 9.59 Å². The number of anilines is 1. The maximum atomic E-state index is 12.2. The summed E-state index contributed by atoms with van der Waals surface area (Å²) in [6.45, 7) is 0.336. The minimum Gasteiger partial charge on any atom is -0.348 e. The van der Waals surface area contributed by atoms with Crippen molar-refractivity contribution in [1.29, 1.82) is 0 Å². The van der Waals surface area contributed by atoms with E-state index in [0.717, 1.165) is 11.1 Å². The molecule has 0 bridgehead atoms. The van der Waals surface area contributed by atoms with Crippen molar-refractivity contribution >= 4 is 35.2 Å². The first-order chi connectivity index (χ1) is 13.6. The molecular formula is C22H18ClN3O2. The third-order valence-corrected chi connectivity index (χ3v) is 4.24. The Bertz CT molecular complexity index is 1000. The highest BCUT2D eigenvalue weighted by atomic mass is 35.5. The predicted octanol–water partition coefficient (Wildman–Crippen LogP) is 4.32. The van der Waals surface area contributed by atoms with Crippen LogP contribution in [0.1, 0.15) is 21.5 Å². The van der Waals surface area contributed by atoms with Crippen molar-refractivity contribution in [3.05, 3.63) is 101 Å². The highest BCUT2D eigenvalue weighted by Gasteiger charge is 2.06. The summed E-state index contributed by atoms with van der Waals surface area (Å²) in [5.41, 5.74) is 2.76. The van der Waals surface area contributed by atoms with E-state index in [2.05, 4.69) is 15.6 Å². The van der Waals surface area contributed by atoms with E-state index < -0.39 is 0 Å². The van der Waals surface area contributed by atoms with Crippen molar-refractivity contribution in [2.45, 2.75) is 6.54 Å². The van der Waals surface area contributed by atoms with E-state index in [-0.39, 0.29) is 11.8 Å². The van der Waals surface area contributed by atoms with Gasteiger partial charge in [0.15, 0.2) is 0 Å². The number of carbonyl (C=O) groups excluding carboxylic acids is 2. The van der Waals surface area contributed by atoms with E-state index in [0.29, 0.717) is 22.8 Å². The summed E-state index contributed by atoms with van der Waals surface area (Å²) in [4.78, 5) is 28.2. The van der Waals surface area contributed by atoms with Gasteiger partial charge in [0.2, 0.25) is 5.91 Å². The molecule has 0 atom stereocenters. The standard InChI is InChI=1S/C22H18ClN3O2/c23-20-9-2-1-6-17(20)10-11-21(27)25-14-16-5-3-8-19(13-16)26-22(28)18-7-4-12-24-15-18/h1-13,15H,14H2,(H,25,27)(H,26,28)/b11-10+. The van der Waals surface area contributed by atoms with Gasteiger partial charge in [-0.1, -0.05) is 41.9 Å². The number of carbonyl (C=O) groups is 2. The number of amides is 2. The van der Waals surface area contributed by atoms with Crippen molar-refractivity contribution in [3.63, 3.8) is 0 Å².